The van der Waals surface area contributed by atoms with Gasteiger partial charge >= 0.3 is 0 Å². The van der Waals surface area contributed by atoms with E-state index in [4.69, 9.17) is 22.0 Å². The van der Waals surface area contributed by atoms with E-state index in [1.807, 2.05) is 6.92 Å². The summed E-state index contributed by atoms with van der Waals surface area (Å²) in [6.07, 6.45) is 0. The summed E-state index contributed by atoms with van der Waals surface area (Å²) in [5.74, 6) is 5.05. The summed E-state index contributed by atoms with van der Waals surface area (Å²) in [6, 6.07) is 1.47. The number of primary amides is 2. The van der Waals surface area contributed by atoms with E-state index in [-0.39, 0.29) is 19.7 Å². The van der Waals surface area contributed by atoms with Crippen molar-refractivity contribution in [3.8, 4) is 0 Å². The van der Waals surface area contributed by atoms with Crippen molar-refractivity contribution in [2.45, 2.75) is 13.5 Å². The average molecular weight is 297 g/mol. The lowest BCUT2D eigenvalue weighted by Gasteiger charge is -2.21. The number of carbonyl (C=O) groups excluding carboxylic acids is 2. The normalized spacial score (nSPS) is 10.2. The molecule has 0 saturated heterocycles. The molecule has 1 heterocycles. The molecule has 21 heavy (non-hydrogen) atoms. The Kier molecular flexibility index (Phi) is 6.30. The molecule has 2 amide bonds. The number of hydrazine groups is 1. The molecule has 7 N–H and O–H groups in total. The Morgan fingerprint density at radius 1 is 1.29 bits per heavy atom. The van der Waals surface area contributed by atoms with E-state index in [9.17, 15) is 9.59 Å². The van der Waals surface area contributed by atoms with Gasteiger partial charge in [0.1, 0.15) is 18.2 Å². The van der Waals surface area contributed by atoms with Crippen LogP contribution in [0.4, 0.5) is 11.6 Å². The molecule has 0 aliphatic rings. The van der Waals surface area contributed by atoms with Crippen LogP contribution < -0.4 is 27.6 Å². The lowest BCUT2D eigenvalue weighted by atomic mass is 10.4. The maximum Gasteiger partial charge on any atom is 0.237 e. The molecule has 0 radical (unpaired) electrons. The molecule has 0 fully saturated rings. The van der Waals surface area contributed by atoms with Crippen LogP contribution in [-0.2, 0) is 20.9 Å². The molecule has 10 heteroatoms. The van der Waals surface area contributed by atoms with Crippen molar-refractivity contribution >= 4 is 23.5 Å². The maximum absolute atomic E-state index is 11.1. The maximum atomic E-state index is 11.1. The van der Waals surface area contributed by atoms with E-state index < -0.39 is 11.8 Å². The van der Waals surface area contributed by atoms with Crippen molar-refractivity contribution in [3.63, 3.8) is 0 Å². The number of nitrogens with two attached hydrogens (primary N) is 3. The van der Waals surface area contributed by atoms with Gasteiger partial charge in [0.15, 0.2) is 5.82 Å². The van der Waals surface area contributed by atoms with Crippen LogP contribution in [0.25, 0.3) is 0 Å². The van der Waals surface area contributed by atoms with Crippen LogP contribution in [0.3, 0.4) is 0 Å². The largest absolute Gasteiger partial charge is 0.374 e. The van der Waals surface area contributed by atoms with Gasteiger partial charge in [-0.2, -0.15) is 0 Å². The summed E-state index contributed by atoms with van der Waals surface area (Å²) in [7, 11) is 0. The Hall–Kier alpha value is -2.46. The fraction of sp³-hybridized carbons (Fsp3) is 0.455. The van der Waals surface area contributed by atoms with Gasteiger partial charge in [0, 0.05) is 12.7 Å². The highest BCUT2D eigenvalue weighted by Crippen LogP contribution is 2.15. The topological polar surface area (TPSA) is 162 Å². The molecule has 1 aromatic heterocycles. The SMILES string of the molecule is CCOCc1nc(NN)cc(N(CC(N)=O)CC(N)=O)n1. The Labute approximate surface area is 121 Å². The lowest BCUT2D eigenvalue weighted by Crippen LogP contribution is -2.40. The summed E-state index contributed by atoms with van der Waals surface area (Å²) < 4.78 is 5.22. The minimum atomic E-state index is -0.622. The lowest BCUT2D eigenvalue weighted by molar-refractivity contribution is -0.117. The number of rotatable bonds is 9. The zero-order valence-corrected chi connectivity index (χ0v) is 11.7. The Bertz CT molecular complexity index is 493. The van der Waals surface area contributed by atoms with Crippen LogP contribution >= 0.6 is 0 Å². The van der Waals surface area contributed by atoms with Crippen LogP contribution in [0.15, 0.2) is 6.07 Å². The summed E-state index contributed by atoms with van der Waals surface area (Å²) >= 11 is 0. The highest BCUT2D eigenvalue weighted by atomic mass is 16.5. The Balaban J connectivity index is 3.08. The van der Waals surface area contributed by atoms with E-state index in [1.54, 1.807) is 0 Å². The summed E-state index contributed by atoms with van der Waals surface area (Å²) in [4.78, 5) is 31.8. The number of hydrogen-bond donors (Lipinski definition) is 4. The van der Waals surface area contributed by atoms with Crippen molar-refractivity contribution in [2.75, 3.05) is 30.0 Å². The standard InChI is InChI=1S/C11H19N7O3/c1-2-21-6-10-15-9(17-14)3-11(16-10)18(4-7(12)19)5-8(13)20/h3H,2,4-6,14H2,1H3,(H2,12,19)(H2,13,20)(H,15,16,17). The van der Waals surface area contributed by atoms with Crippen molar-refractivity contribution in [2.24, 2.45) is 17.3 Å². The van der Waals surface area contributed by atoms with E-state index >= 15 is 0 Å². The fourth-order valence-corrected chi connectivity index (χ4v) is 1.57. The summed E-state index contributed by atoms with van der Waals surface area (Å²) in [6.45, 7) is 2.07. The molecular weight excluding hydrogens is 278 g/mol. The number of ether oxygens (including phenoxy) is 1. The van der Waals surface area contributed by atoms with Crippen LogP contribution in [-0.4, -0.2) is 41.5 Å². The molecule has 0 unspecified atom stereocenters. The molecule has 1 aromatic rings. The molecule has 0 aromatic carbocycles. The minimum absolute atomic E-state index is 0.167. The third kappa shape index (κ3) is 5.58. The molecule has 0 spiro atoms. The second-order valence-electron chi connectivity index (χ2n) is 4.10. The smallest absolute Gasteiger partial charge is 0.237 e. The second kappa shape index (κ2) is 7.97. The van der Waals surface area contributed by atoms with Gasteiger partial charge in [0.25, 0.3) is 0 Å². The first-order chi connectivity index (χ1) is 9.96. The van der Waals surface area contributed by atoms with E-state index in [1.165, 1.54) is 11.0 Å². The molecule has 116 valence electrons. The minimum Gasteiger partial charge on any atom is -0.374 e. The zero-order chi connectivity index (χ0) is 15.8. The van der Waals surface area contributed by atoms with Gasteiger partial charge in [-0.05, 0) is 6.92 Å². The monoisotopic (exact) mass is 297 g/mol. The first-order valence-corrected chi connectivity index (χ1v) is 6.20. The quantitative estimate of drug-likeness (QED) is 0.302. The molecule has 0 aliphatic carbocycles. The molecule has 0 saturated carbocycles. The molecule has 0 aliphatic heterocycles. The van der Waals surface area contributed by atoms with Gasteiger partial charge in [0.2, 0.25) is 11.8 Å². The predicted molar refractivity (Wildman–Crippen MR) is 75.8 cm³/mol. The number of carbonyl (C=O) groups is 2. The average Bonchev–Trinajstić information content (AvgIpc) is 2.43. The summed E-state index contributed by atoms with van der Waals surface area (Å²) in [5.41, 5.74) is 12.7. The third-order valence-electron chi connectivity index (χ3n) is 2.36. The number of amides is 2. The third-order valence-corrected chi connectivity index (χ3v) is 2.36. The Morgan fingerprint density at radius 2 is 1.90 bits per heavy atom. The first kappa shape index (κ1) is 16.6. The Morgan fingerprint density at radius 3 is 2.38 bits per heavy atom. The fourth-order valence-electron chi connectivity index (χ4n) is 1.57. The van der Waals surface area contributed by atoms with Crippen molar-refractivity contribution in [3.05, 3.63) is 11.9 Å². The number of anilines is 2. The van der Waals surface area contributed by atoms with Crippen LogP contribution in [0.1, 0.15) is 12.7 Å². The molecular formula is C11H19N7O3. The molecule has 0 bridgehead atoms. The van der Waals surface area contributed by atoms with E-state index in [0.717, 1.165) is 0 Å². The number of nitrogen functional groups attached to an aromatic ring is 1. The van der Waals surface area contributed by atoms with Crippen LogP contribution in [0.2, 0.25) is 0 Å². The van der Waals surface area contributed by atoms with Crippen molar-refractivity contribution < 1.29 is 14.3 Å². The number of nitrogens with one attached hydrogen (secondary N) is 1. The number of hydrogen-bond acceptors (Lipinski definition) is 8. The molecule has 1 rings (SSSR count). The van der Waals surface area contributed by atoms with Gasteiger partial charge in [-0.3, -0.25) is 9.59 Å². The molecule has 0 atom stereocenters. The second-order valence-corrected chi connectivity index (χ2v) is 4.10. The zero-order valence-electron chi connectivity index (χ0n) is 11.7. The van der Waals surface area contributed by atoms with Gasteiger partial charge in [-0.15, -0.1) is 0 Å². The molecule has 10 nitrogen and oxygen atoms in total. The summed E-state index contributed by atoms with van der Waals surface area (Å²) in [5, 5.41) is 0. The predicted octanol–water partition coefficient (Wildman–Crippen LogP) is -1.92. The van der Waals surface area contributed by atoms with E-state index in [2.05, 4.69) is 15.4 Å². The highest BCUT2D eigenvalue weighted by molar-refractivity contribution is 5.84. The first-order valence-electron chi connectivity index (χ1n) is 6.20. The highest BCUT2D eigenvalue weighted by Gasteiger charge is 2.16. The van der Waals surface area contributed by atoms with Crippen molar-refractivity contribution in [1.82, 2.24) is 9.97 Å². The van der Waals surface area contributed by atoms with Gasteiger partial charge in [-0.25, -0.2) is 15.8 Å². The van der Waals surface area contributed by atoms with Gasteiger partial charge in [-0.1, -0.05) is 0 Å². The van der Waals surface area contributed by atoms with Crippen LogP contribution in [0.5, 0.6) is 0 Å². The van der Waals surface area contributed by atoms with Gasteiger partial charge < -0.3 is 26.5 Å². The van der Waals surface area contributed by atoms with Gasteiger partial charge in [0.05, 0.1) is 13.1 Å². The van der Waals surface area contributed by atoms with Crippen molar-refractivity contribution in [1.29, 1.82) is 0 Å². The van der Waals surface area contributed by atoms with E-state index in [0.29, 0.717) is 24.1 Å². The number of nitrogens with zero attached hydrogens (tertiary/aromatic N) is 3. The number of aromatic nitrogens is 2. The van der Waals surface area contributed by atoms with Crippen LogP contribution in [0, 0.1) is 0 Å².